The second-order valence-electron chi connectivity index (χ2n) is 8.66. The minimum atomic E-state index is -1.13. The Hall–Kier alpha value is -1.62. The molecule has 1 spiro atoms. The number of esters is 1. The molecule has 3 saturated carbocycles. The Labute approximate surface area is 140 Å². The standard InChI is InChI=1S/C19H22O5/c1-9-7-18-8-10(9)3-4-11(18)19-6-5-12(20)17(2,16(23)24-19)14(19)13(18)15(21)22/h4,10,12-14,20H,1,3,5-8H2,2H3,(H,21,22)/t10-,12+,13-,14-,17-,18+,19-/m1/s1. The maximum atomic E-state index is 12.7. The molecule has 5 rings (SSSR count). The summed E-state index contributed by atoms with van der Waals surface area (Å²) in [6.07, 6.45) is 4.61. The topological polar surface area (TPSA) is 83.8 Å². The van der Waals surface area contributed by atoms with Gasteiger partial charge in [-0.3, -0.25) is 9.59 Å². The summed E-state index contributed by atoms with van der Waals surface area (Å²) in [6, 6.07) is 0. The largest absolute Gasteiger partial charge is 0.481 e. The molecule has 0 aromatic carbocycles. The second kappa shape index (κ2) is 3.96. The first kappa shape index (κ1) is 14.7. The van der Waals surface area contributed by atoms with E-state index >= 15 is 0 Å². The van der Waals surface area contributed by atoms with Crippen LogP contribution in [0.4, 0.5) is 0 Å². The summed E-state index contributed by atoms with van der Waals surface area (Å²) in [5.74, 6) is -2.16. The lowest BCUT2D eigenvalue weighted by Crippen LogP contribution is -2.52. The molecule has 0 unspecified atom stereocenters. The average molecular weight is 330 g/mol. The minimum absolute atomic E-state index is 0.333. The van der Waals surface area contributed by atoms with Crippen molar-refractivity contribution in [1.82, 2.24) is 0 Å². The molecular weight excluding hydrogens is 308 g/mol. The molecule has 5 aliphatic rings. The van der Waals surface area contributed by atoms with Crippen molar-refractivity contribution in [2.45, 2.75) is 50.7 Å². The van der Waals surface area contributed by atoms with E-state index < -0.39 is 46.3 Å². The number of aliphatic hydroxyl groups excluding tert-OH is 1. The van der Waals surface area contributed by atoms with Gasteiger partial charge in [0.05, 0.1) is 17.4 Å². The Morgan fingerprint density at radius 2 is 2.21 bits per heavy atom. The summed E-state index contributed by atoms with van der Waals surface area (Å²) in [5.41, 5.74) is -0.304. The number of carboxylic acid groups (broad SMARTS) is 1. The first-order chi connectivity index (χ1) is 11.3. The van der Waals surface area contributed by atoms with E-state index in [2.05, 4.69) is 12.7 Å². The lowest BCUT2D eigenvalue weighted by atomic mass is 9.59. The third kappa shape index (κ3) is 1.25. The lowest BCUT2D eigenvalue weighted by Gasteiger charge is -2.41. The van der Waals surface area contributed by atoms with Crippen LogP contribution < -0.4 is 0 Å². The summed E-state index contributed by atoms with van der Waals surface area (Å²) in [6.45, 7) is 5.89. The fourth-order valence-corrected chi connectivity index (χ4v) is 6.94. The van der Waals surface area contributed by atoms with Gasteiger partial charge in [-0.1, -0.05) is 18.2 Å². The van der Waals surface area contributed by atoms with Crippen LogP contribution in [-0.4, -0.2) is 33.9 Å². The minimum Gasteiger partial charge on any atom is -0.481 e. The van der Waals surface area contributed by atoms with Crippen molar-refractivity contribution in [1.29, 1.82) is 0 Å². The zero-order chi connectivity index (χ0) is 17.1. The Bertz CT molecular complexity index is 738. The molecular formula is C19H22O5. The number of hydrogen-bond acceptors (Lipinski definition) is 4. The molecule has 128 valence electrons. The molecule has 7 atom stereocenters. The highest BCUT2D eigenvalue weighted by Gasteiger charge is 2.81. The van der Waals surface area contributed by atoms with Gasteiger partial charge in [0, 0.05) is 11.3 Å². The summed E-state index contributed by atoms with van der Waals surface area (Å²) in [4.78, 5) is 25.1. The highest BCUT2D eigenvalue weighted by Crippen LogP contribution is 2.76. The molecule has 5 heteroatoms. The number of rotatable bonds is 1. The van der Waals surface area contributed by atoms with Crippen molar-refractivity contribution in [3.05, 3.63) is 23.8 Å². The fraction of sp³-hybridized carbons (Fsp3) is 0.684. The van der Waals surface area contributed by atoms with Crippen LogP contribution in [0.15, 0.2) is 23.8 Å². The molecule has 1 aliphatic heterocycles. The highest BCUT2D eigenvalue weighted by atomic mass is 16.6. The Kier molecular flexibility index (Phi) is 2.42. The summed E-state index contributed by atoms with van der Waals surface area (Å²) >= 11 is 0. The van der Waals surface area contributed by atoms with E-state index in [1.807, 2.05) is 0 Å². The second-order valence-corrected chi connectivity index (χ2v) is 8.66. The third-order valence-electron chi connectivity index (χ3n) is 7.87. The molecule has 0 radical (unpaired) electrons. The van der Waals surface area contributed by atoms with Gasteiger partial charge in [0.2, 0.25) is 0 Å². The van der Waals surface area contributed by atoms with Gasteiger partial charge < -0.3 is 14.9 Å². The van der Waals surface area contributed by atoms with Crippen molar-refractivity contribution in [3.63, 3.8) is 0 Å². The molecule has 0 aromatic heterocycles. The van der Waals surface area contributed by atoms with E-state index in [-0.39, 0.29) is 0 Å². The van der Waals surface area contributed by atoms with Crippen molar-refractivity contribution in [2.24, 2.45) is 28.6 Å². The number of carboxylic acids is 1. The molecule has 4 fully saturated rings. The van der Waals surface area contributed by atoms with E-state index in [0.29, 0.717) is 25.2 Å². The van der Waals surface area contributed by atoms with Crippen molar-refractivity contribution >= 4 is 11.9 Å². The number of aliphatic carboxylic acids is 1. The van der Waals surface area contributed by atoms with Crippen LogP contribution in [0.5, 0.6) is 0 Å². The van der Waals surface area contributed by atoms with Crippen LogP contribution in [0, 0.1) is 28.6 Å². The van der Waals surface area contributed by atoms with Crippen LogP contribution in [0.1, 0.15) is 39.0 Å². The van der Waals surface area contributed by atoms with Crippen LogP contribution in [0.3, 0.4) is 0 Å². The van der Waals surface area contributed by atoms with Crippen molar-refractivity contribution in [3.8, 4) is 0 Å². The summed E-state index contributed by atoms with van der Waals surface area (Å²) < 4.78 is 5.94. The van der Waals surface area contributed by atoms with Gasteiger partial charge in [-0.15, -0.1) is 0 Å². The summed E-state index contributed by atoms with van der Waals surface area (Å²) in [7, 11) is 0. The van der Waals surface area contributed by atoms with Crippen LogP contribution in [0.2, 0.25) is 0 Å². The Morgan fingerprint density at radius 1 is 1.46 bits per heavy atom. The molecule has 5 nitrogen and oxygen atoms in total. The first-order valence-electron chi connectivity index (χ1n) is 8.80. The summed E-state index contributed by atoms with van der Waals surface area (Å²) in [5, 5.41) is 20.7. The van der Waals surface area contributed by atoms with Crippen LogP contribution >= 0.6 is 0 Å². The van der Waals surface area contributed by atoms with Crippen LogP contribution in [0.25, 0.3) is 0 Å². The lowest BCUT2D eigenvalue weighted by molar-refractivity contribution is -0.156. The first-order valence-corrected chi connectivity index (χ1v) is 8.80. The molecule has 1 saturated heterocycles. The highest BCUT2D eigenvalue weighted by molar-refractivity contribution is 5.87. The molecule has 2 N–H and O–H groups in total. The van der Waals surface area contributed by atoms with Gasteiger partial charge in [-0.2, -0.15) is 0 Å². The quantitative estimate of drug-likeness (QED) is 0.568. The van der Waals surface area contributed by atoms with Gasteiger partial charge >= 0.3 is 11.9 Å². The zero-order valence-electron chi connectivity index (χ0n) is 13.7. The van der Waals surface area contributed by atoms with Crippen LogP contribution in [-0.2, 0) is 14.3 Å². The van der Waals surface area contributed by atoms with Crippen molar-refractivity contribution in [2.75, 3.05) is 0 Å². The Morgan fingerprint density at radius 3 is 2.92 bits per heavy atom. The van der Waals surface area contributed by atoms with E-state index in [4.69, 9.17) is 4.74 Å². The maximum Gasteiger partial charge on any atom is 0.315 e. The van der Waals surface area contributed by atoms with E-state index in [0.717, 1.165) is 24.0 Å². The Balaban J connectivity index is 1.80. The van der Waals surface area contributed by atoms with Gasteiger partial charge in [-0.25, -0.2) is 0 Å². The third-order valence-corrected chi connectivity index (χ3v) is 7.87. The fourth-order valence-electron chi connectivity index (χ4n) is 6.94. The number of ether oxygens (including phenoxy) is 1. The molecule has 24 heavy (non-hydrogen) atoms. The number of aliphatic hydroxyl groups is 1. The maximum absolute atomic E-state index is 12.7. The average Bonchev–Trinajstić information content (AvgIpc) is 2.98. The molecule has 0 amide bonds. The molecule has 1 heterocycles. The number of carbonyl (C=O) groups is 2. The number of allylic oxidation sites excluding steroid dienone is 2. The normalized spacial score (nSPS) is 54.2. The molecule has 4 aliphatic carbocycles. The number of carbonyl (C=O) groups excluding carboxylic acids is 1. The van der Waals surface area contributed by atoms with Gasteiger partial charge in [-0.05, 0) is 50.5 Å². The molecule has 0 aromatic rings. The van der Waals surface area contributed by atoms with Gasteiger partial charge in [0.25, 0.3) is 0 Å². The number of fused-ring (bicyclic) bond motifs is 1. The SMILES string of the molecule is C=C1C[C@]23C[C@H]1CC=C2[C@@]12CC[C@H](O)[C@@](C)(C(=O)O1)[C@H]2[C@@H]3C(=O)O. The van der Waals surface area contributed by atoms with E-state index in [9.17, 15) is 19.8 Å². The van der Waals surface area contributed by atoms with Crippen molar-refractivity contribution < 1.29 is 24.5 Å². The van der Waals surface area contributed by atoms with E-state index in [1.54, 1.807) is 6.92 Å². The number of hydrogen-bond donors (Lipinski definition) is 2. The zero-order valence-corrected chi connectivity index (χ0v) is 13.7. The van der Waals surface area contributed by atoms with Gasteiger partial charge in [0.1, 0.15) is 5.60 Å². The predicted molar refractivity (Wildman–Crippen MR) is 83.8 cm³/mol. The smallest absolute Gasteiger partial charge is 0.315 e. The predicted octanol–water partition coefficient (Wildman–Crippen LogP) is 2.06. The molecule has 4 bridgehead atoms. The van der Waals surface area contributed by atoms with E-state index in [1.165, 1.54) is 0 Å². The monoisotopic (exact) mass is 330 g/mol. The van der Waals surface area contributed by atoms with Gasteiger partial charge in [0.15, 0.2) is 0 Å².